The number of rotatable bonds is 10. The van der Waals surface area contributed by atoms with Crippen molar-refractivity contribution in [1.29, 1.82) is 5.26 Å². The fourth-order valence-corrected chi connectivity index (χ4v) is 3.37. The summed E-state index contributed by atoms with van der Waals surface area (Å²) in [5, 5.41) is 13.1. The van der Waals surface area contributed by atoms with Gasteiger partial charge in [0.05, 0.1) is 25.6 Å². The van der Waals surface area contributed by atoms with Crippen LogP contribution in [0.2, 0.25) is 5.28 Å². The lowest BCUT2D eigenvalue weighted by atomic mass is 10.1. The first-order valence-electron chi connectivity index (χ1n) is 10.8. The molecule has 0 unspecified atom stereocenters. The van der Waals surface area contributed by atoms with Gasteiger partial charge in [-0.25, -0.2) is 10.4 Å². The largest absolute Gasteiger partial charge is 0.490 e. The van der Waals surface area contributed by atoms with Gasteiger partial charge in [0.15, 0.2) is 11.5 Å². The number of amides is 1. The van der Waals surface area contributed by atoms with E-state index in [0.29, 0.717) is 23.4 Å². The number of nitriles is 1. The smallest absolute Gasteiger partial charge is 0.269 e. The maximum atomic E-state index is 13.9. The number of nitrogens with one attached hydrogen (secondary N) is 1. The van der Waals surface area contributed by atoms with Gasteiger partial charge in [-0.05, 0) is 55.3 Å². The van der Waals surface area contributed by atoms with Crippen molar-refractivity contribution in [3.8, 4) is 23.4 Å². The van der Waals surface area contributed by atoms with Crippen LogP contribution in [0.4, 0.5) is 4.39 Å². The second kappa shape index (κ2) is 12.6. The number of hydrazone groups is 1. The molecule has 0 aliphatic rings. The van der Waals surface area contributed by atoms with Gasteiger partial charge in [0, 0.05) is 18.4 Å². The van der Waals surface area contributed by atoms with Crippen LogP contribution in [0.1, 0.15) is 29.3 Å². The molecule has 1 amide bonds. The number of benzene rings is 1. The van der Waals surface area contributed by atoms with Gasteiger partial charge in [-0.15, -0.1) is 0 Å². The number of methoxy groups -OCH3 is 1. The lowest BCUT2D eigenvalue weighted by molar-refractivity contribution is -0.121. The third kappa shape index (κ3) is 6.87. The predicted octanol–water partition coefficient (Wildman–Crippen LogP) is 3.10. The Labute approximate surface area is 216 Å². The Morgan fingerprint density at radius 2 is 2.14 bits per heavy atom. The highest BCUT2D eigenvalue weighted by Gasteiger charge is 2.15. The van der Waals surface area contributed by atoms with Gasteiger partial charge in [0.1, 0.15) is 18.2 Å². The molecule has 3 rings (SSSR count). The molecule has 0 aliphatic carbocycles. The van der Waals surface area contributed by atoms with Crippen LogP contribution in [-0.2, 0) is 22.7 Å². The standard InChI is InChI=1S/C24H22ClFN6O5/c1-4-36-20-8-15(5-6-19(20)37-22-18(26)11-28-24(25)30-22)10-29-31-21(33)12-32-14(2)7-16(13-35-3)17(9-27)23(32)34/h5-8,10-11H,4,12-13H2,1-3H3,(H,31,33)/b29-10-. The number of hydrogen-bond acceptors (Lipinski definition) is 9. The summed E-state index contributed by atoms with van der Waals surface area (Å²) in [5.41, 5.74) is 3.14. The van der Waals surface area contributed by atoms with Gasteiger partial charge in [0.2, 0.25) is 11.1 Å². The Balaban J connectivity index is 1.73. The molecule has 0 bridgehead atoms. The summed E-state index contributed by atoms with van der Waals surface area (Å²) < 4.78 is 31.2. The van der Waals surface area contributed by atoms with E-state index in [4.69, 9.17) is 25.8 Å². The number of aryl methyl sites for hydroxylation is 1. The number of carbonyl (C=O) groups excluding carboxylic acids is 1. The van der Waals surface area contributed by atoms with E-state index in [-0.39, 0.29) is 41.4 Å². The van der Waals surface area contributed by atoms with E-state index < -0.39 is 17.3 Å². The van der Waals surface area contributed by atoms with Crippen molar-refractivity contribution in [3.05, 3.63) is 74.3 Å². The van der Waals surface area contributed by atoms with E-state index in [2.05, 4.69) is 20.5 Å². The van der Waals surface area contributed by atoms with Crippen molar-refractivity contribution in [2.75, 3.05) is 13.7 Å². The van der Waals surface area contributed by atoms with Gasteiger partial charge in [-0.2, -0.15) is 19.7 Å². The van der Waals surface area contributed by atoms with Crippen molar-refractivity contribution in [3.63, 3.8) is 0 Å². The first kappa shape index (κ1) is 27.3. The van der Waals surface area contributed by atoms with Crippen LogP contribution in [0.5, 0.6) is 17.4 Å². The summed E-state index contributed by atoms with van der Waals surface area (Å²) in [6.07, 6.45) is 2.24. The minimum absolute atomic E-state index is 0.0846. The van der Waals surface area contributed by atoms with Gasteiger partial charge >= 0.3 is 0 Å². The minimum Gasteiger partial charge on any atom is -0.490 e. The molecule has 3 aromatic rings. The van der Waals surface area contributed by atoms with Crippen molar-refractivity contribution in [2.24, 2.45) is 5.10 Å². The lowest BCUT2D eigenvalue weighted by Crippen LogP contribution is -2.33. The fourth-order valence-electron chi connectivity index (χ4n) is 3.24. The third-order valence-corrected chi connectivity index (χ3v) is 5.04. The Hall–Kier alpha value is -4.34. The highest BCUT2D eigenvalue weighted by atomic mass is 35.5. The molecule has 0 atom stereocenters. The molecule has 1 N–H and O–H groups in total. The average molecular weight is 529 g/mol. The monoisotopic (exact) mass is 528 g/mol. The Bertz CT molecular complexity index is 1440. The minimum atomic E-state index is -0.801. The molecule has 11 nitrogen and oxygen atoms in total. The van der Waals surface area contributed by atoms with E-state index in [0.717, 1.165) is 6.20 Å². The maximum Gasteiger partial charge on any atom is 0.269 e. The quantitative estimate of drug-likeness (QED) is 0.240. The van der Waals surface area contributed by atoms with E-state index in [1.165, 1.54) is 24.0 Å². The van der Waals surface area contributed by atoms with Crippen molar-refractivity contribution >= 4 is 23.7 Å². The molecule has 192 valence electrons. The number of pyridine rings is 1. The van der Waals surface area contributed by atoms with E-state index in [9.17, 15) is 19.2 Å². The summed E-state index contributed by atoms with van der Waals surface area (Å²) in [5.74, 6) is -1.29. The van der Waals surface area contributed by atoms with Crippen molar-refractivity contribution in [2.45, 2.75) is 27.0 Å². The molecule has 2 heterocycles. The second-order valence-corrected chi connectivity index (χ2v) is 7.79. The number of halogens is 2. The Morgan fingerprint density at radius 3 is 2.84 bits per heavy atom. The van der Waals surface area contributed by atoms with Crippen molar-refractivity contribution in [1.82, 2.24) is 20.0 Å². The number of hydrogen-bond donors (Lipinski definition) is 1. The summed E-state index contributed by atoms with van der Waals surface area (Å²) >= 11 is 5.70. The molecule has 0 fully saturated rings. The number of aromatic nitrogens is 3. The molecular formula is C24H22ClFN6O5. The first-order chi connectivity index (χ1) is 17.8. The topological polar surface area (TPSA) is 141 Å². The normalized spacial score (nSPS) is 10.8. The van der Waals surface area contributed by atoms with E-state index in [1.807, 2.05) is 6.07 Å². The maximum absolute atomic E-state index is 13.9. The van der Waals surface area contributed by atoms with Crippen LogP contribution < -0.4 is 20.5 Å². The zero-order chi connectivity index (χ0) is 26.9. The number of ether oxygens (including phenoxy) is 3. The molecule has 0 spiro atoms. The van der Waals surface area contributed by atoms with Crippen molar-refractivity contribution < 1.29 is 23.4 Å². The van der Waals surface area contributed by atoms with Gasteiger partial charge < -0.3 is 18.8 Å². The second-order valence-electron chi connectivity index (χ2n) is 7.45. The Morgan fingerprint density at radius 1 is 1.35 bits per heavy atom. The summed E-state index contributed by atoms with van der Waals surface area (Å²) in [6, 6.07) is 8.16. The average Bonchev–Trinajstić information content (AvgIpc) is 2.86. The third-order valence-electron chi connectivity index (χ3n) is 4.86. The summed E-state index contributed by atoms with van der Waals surface area (Å²) in [7, 11) is 1.46. The molecule has 37 heavy (non-hydrogen) atoms. The van der Waals surface area contributed by atoms with Crippen LogP contribution in [-0.4, -0.2) is 40.4 Å². The number of carbonyl (C=O) groups is 1. The van der Waals surface area contributed by atoms with Crippen LogP contribution in [0.3, 0.4) is 0 Å². The van der Waals surface area contributed by atoms with Gasteiger partial charge in [-0.3, -0.25) is 9.59 Å². The summed E-state index contributed by atoms with van der Waals surface area (Å²) in [4.78, 5) is 32.3. The zero-order valence-electron chi connectivity index (χ0n) is 20.1. The van der Waals surface area contributed by atoms with E-state index in [1.54, 1.807) is 32.0 Å². The molecule has 0 radical (unpaired) electrons. The summed E-state index contributed by atoms with van der Waals surface area (Å²) in [6.45, 7) is 3.47. The molecular weight excluding hydrogens is 507 g/mol. The molecule has 2 aromatic heterocycles. The van der Waals surface area contributed by atoms with Crippen LogP contribution in [0.15, 0.2) is 40.4 Å². The van der Waals surface area contributed by atoms with Gasteiger partial charge in [-0.1, -0.05) is 0 Å². The lowest BCUT2D eigenvalue weighted by Gasteiger charge is -2.12. The Kier molecular flexibility index (Phi) is 9.26. The fraction of sp³-hybridized carbons (Fsp3) is 0.250. The zero-order valence-corrected chi connectivity index (χ0v) is 20.9. The molecule has 0 saturated heterocycles. The van der Waals surface area contributed by atoms with Gasteiger partial charge in [0.25, 0.3) is 17.3 Å². The molecule has 1 aromatic carbocycles. The molecule has 13 heteroatoms. The van der Waals surface area contributed by atoms with Crippen LogP contribution >= 0.6 is 11.6 Å². The van der Waals surface area contributed by atoms with E-state index >= 15 is 0 Å². The SMILES string of the molecule is CCOc1cc(/C=N\NC(=O)Cn2c(C)cc(COC)c(C#N)c2=O)ccc1Oc1nc(Cl)ncc1F. The molecule has 0 aliphatic heterocycles. The first-order valence-corrected chi connectivity index (χ1v) is 11.2. The highest BCUT2D eigenvalue weighted by molar-refractivity contribution is 6.28. The predicted molar refractivity (Wildman–Crippen MR) is 131 cm³/mol. The highest BCUT2D eigenvalue weighted by Crippen LogP contribution is 2.32. The number of nitrogens with zero attached hydrogens (tertiary/aromatic N) is 5. The van der Waals surface area contributed by atoms with Crippen LogP contribution in [0, 0.1) is 24.1 Å². The molecule has 0 saturated carbocycles. The van der Waals surface area contributed by atoms with Crippen LogP contribution in [0.25, 0.3) is 0 Å².